The Balaban J connectivity index is 2.18. The van der Waals surface area contributed by atoms with E-state index in [0.717, 1.165) is 40.8 Å². The summed E-state index contributed by atoms with van der Waals surface area (Å²) < 4.78 is 5.21. The molecule has 0 unspecified atom stereocenters. The van der Waals surface area contributed by atoms with E-state index in [2.05, 4.69) is 17.1 Å². The normalized spacial score (nSPS) is 11.0. The van der Waals surface area contributed by atoms with Crippen molar-refractivity contribution >= 4 is 11.0 Å². The van der Waals surface area contributed by atoms with E-state index in [-0.39, 0.29) is 5.75 Å². The first-order valence-electron chi connectivity index (χ1n) is 7.42. The van der Waals surface area contributed by atoms with Crippen LogP contribution in [0.1, 0.15) is 25.0 Å². The van der Waals surface area contributed by atoms with Gasteiger partial charge in [0, 0.05) is 6.07 Å². The molecule has 1 aromatic heterocycles. The number of benzene rings is 2. The van der Waals surface area contributed by atoms with E-state index in [9.17, 15) is 5.11 Å². The molecule has 0 atom stereocenters. The van der Waals surface area contributed by atoms with E-state index >= 15 is 0 Å². The molecular weight excluding hydrogens is 278 g/mol. The van der Waals surface area contributed by atoms with Gasteiger partial charge in [0.05, 0.1) is 7.11 Å². The predicted molar refractivity (Wildman–Crippen MR) is 85.8 cm³/mol. The third kappa shape index (κ3) is 2.39. The Hall–Kier alpha value is -2.56. The summed E-state index contributed by atoms with van der Waals surface area (Å²) in [6.07, 6.45) is 1.66. The summed E-state index contributed by atoms with van der Waals surface area (Å²) in [4.78, 5) is 1.50. The van der Waals surface area contributed by atoms with Crippen molar-refractivity contribution in [1.29, 1.82) is 0 Å². The summed E-state index contributed by atoms with van der Waals surface area (Å²) in [6, 6.07) is 9.51. The van der Waals surface area contributed by atoms with Gasteiger partial charge in [-0.2, -0.15) is 0 Å². The van der Waals surface area contributed by atoms with Crippen molar-refractivity contribution in [3.8, 4) is 17.2 Å². The summed E-state index contributed by atoms with van der Waals surface area (Å²) in [5, 5.41) is 19.4. The topological polar surface area (TPSA) is 60.2 Å². The van der Waals surface area contributed by atoms with Gasteiger partial charge in [0.25, 0.3) is 0 Å². The van der Waals surface area contributed by atoms with Crippen LogP contribution in [0.25, 0.3) is 16.7 Å². The Morgan fingerprint density at radius 1 is 1.05 bits per heavy atom. The summed E-state index contributed by atoms with van der Waals surface area (Å²) in [5.41, 5.74) is 4.18. The highest BCUT2D eigenvalue weighted by molar-refractivity contribution is 5.76. The van der Waals surface area contributed by atoms with Gasteiger partial charge in [0.2, 0.25) is 0 Å². The Labute approximate surface area is 129 Å². The first-order valence-corrected chi connectivity index (χ1v) is 7.42. The average molecular weight is 297 g/mol. The van der Waals surface area contributed by atoms with Gasteiger partial charge in [-0.1, -0.05) is 19.9 Å². The van der Waals surface area contributed by atoms with Gasteiger partial charge < -0.3 is 9.84 Å². The van der Waals surface area contributed by atoms with E-state index in [1.54, 1.807) is 7.11 Å². The second kappa shape index (κ2) is 5.67. The van der Waals surface area contributed by atoms with Crippen LogP contribution in [0.15, 0.2) is 30.3 Å². The molecule has 0 aliphatic heterocycles. The third-order valence-corrected chi connectivity index (χ3v) is 3.82. The number of aromatic hydroxyl groups is 1. The Kier molecular flexibility index (Phi) is 3.71. The van der Waals surface area contributed by atoms with Crippen LogP contribution in [0, 0.1) is 0 Å². The quantitative estimate of drug-likeness (QED) is 0.803. The Morgan fingerprint density at radius 2 is 1.82 bits per heavy atom. The van der Waals surface area contributed by atoms with Crippen molar-refractivity contribution in [1.82, 2.24) is 15.0 Å². The monoisotopic (exact) mass is 297 g/mol. The maximum absolute atomic E-state index is 10.5. The van der Waals surface area contributed by atoms with E-state index < -0.39 is 0 Å². The maximum atomic E-state index is 10.5. The van der Waals surface area contributed by atoms with Gasteiger partial charge in [0.1, 0.15) is 28.2 Å². The fourth-order valence-electron chi connectivity index (χ4n) is 2.50. The number of nitrogens with zero attached hydrogens (tertiary/aromatic N) is 3. The molecule has 1 N–H and O–H groups in total. The molecule has 0 radical (unpaired) electrons. The smallest absolute Gasteiger partial charge is 0.146 e. The molecule has 2 aromatic carbocycles. The second-order valence-corrected chi connectivity index (χ2v) is 5.17. The van der Waals surface area contributed by atoms with Crippen LogP contribution in [0.3, 0.4) is 0 Å². The van der Waals surface area contributed by atoms with Gasteiger partial charge in [-0.05, 0) is 42.2 Å². The minimum absolute atomic E-state index is 0.243. The zero-order valence-electron chi connectivity index (χ0n) is 13.0. The summed E-state index contributed by atoms with van der Waals surface area (Å²) >= 11 is 0. The number of hydrogen-bond donors (Lipinski definition) is 1. The number of rotatable bonds is 4. The molecule has 0 bridgehead atoms. The lowest BCUT2D eigenvalue weighted by molar-refractivity contribution is 0.415. The first kappa shape index (κ1) is 14.4. The minimum Gasteiger partial charge on any atom is -0.505 e. The fourth-order valence-corrected chi connectivity index (χ4v) is 2.50. The lowest BCUT2D eigenvalue weighted by atomic mass is 10.0. The van der Waals surface area contributed by atoms with Crippen molar-refractivity contribution in [2.75, 3.05) is 7.11 Å². The average Bonchev–Trinajstić information content (AvgIpc) is 2.97. The summed E-state index contributed by atoms with van der Waals surface area (Å²) in [6.45, 7) is 4.11. The molecule has 0 spiro atoms. The van der Waals surface area contributed by atoms with Crippen molar-refractivity contribution < 1.29 is 9.84 Å². The molecular formula is C17H19N3O2. The lowest BCUT2D eigenvalue weighted by Gasteiger charge is -2.10. The Morgan fingerprint density at radius 3 is 2.50 bits per heavy atom. The summed E-state index contributed by atoms with van der Waals surface area (Å²) in [7, 11) is 1.62. The van der Waals surface area contributed by atoms with Gasteiger partial charge >= 0.3 is 0 Å². The highest BCUT2D eigenvalue weighted by Gasteiger charge is 2.13. The zero-order chi connectivity index (χ0) is 15.7. The molecule has 5 nitrogen and oxygen atoms in total. The minimum atomic E-state index is 0.243. The molecule has 0 aliphatic carbocycles. The van der Waals surface area contributed by atoms with Crippen LogP contribution in [-0.4, -0.2) is 27.2 Å². The van der Waals surface area contributed by atoms with Crippen molar-refractivity contribution in [3.63, 3.8) is 0 Å². The molecule has 0 amide bonds. The van der Waals surface area contributed by atoms with Gasteiger partial charge in [-0.25, -0.2) is 0 Å². The molecule has 114 valence electrons. The highest BCUT2D eigenvalue weighted by Crippen LogP contribution is 2.29. The summed E-state index contributed by atoms with van der Waals surface area (Å²) in [5.74, 6) is 0.979. The number of hydrogen-bond acceptors (Lipinski definition) is 4. The van der Waals surface area contributed by atoms with Gasteiger partial charge in [0.15, 0.2) is 0 Å². The van der Waals surface area contributed by atoms with Gasteiger partial charge in [-0.3, -0.25) is 0 Å². The number of phenolic OH excluding ortho intramolecular Hbond substituents is 1. The van der Waals surface area contributed by atoms with E-state index in [0.29, 0.717) is 5.69 Å². The molecule has 5 heteroatoms. The van der Waals surface area contributed by atoms with Crippen LogP contribution in [0.5, 0.6) is 11.5 Å². The molecule has 1 heterocycles. The second-order valence-electron chi connectivity index (χ2n) is 5.17. The molecule has 3 aromatic rings. The third-order valence-electron chi connectivity index (χ3n) is 3.82. The molecule has 22 heavy (non-hydrogen) atoms. The Bertz CT molecular complexity index is 824. The number of aromatic nitrogens is 3. The SMILES string of the molecule is CCc1cc(CC)c(O)c(-n2nc3ccc(OC)cc3n2)c1. The van der Waals surface area contributed by atoms with Crippen molar-refractivity contribution in [2.24, 2.45) is 0 Å². The number of aryl methyl sites for hydroxylation is 2. The number of methoxy groups -OCH3 is 1. The first-order chi connectivity index (χ1) is 10.7. The molecule has 0 saturated heterocycles. The predicted octanol–water partition coefficient (Wildman–Crippen LogP) is 3.26. The fraction of sp³-hybridized carbons (Fsp3) is 0.294. The van der Waals surface area contributed by atoms with E-state index in [1.165, 1.54) is 4.80 Å². The number of ether oxygens (including phenoxy) is 1. The van der Waals surface area contributed by atoms with Crippen LogP contribution < -0.4 is 4.74 Å². The zero-order valence-corrected chi connectivity index (χ0v) is 13.0. The number of phenols is 1. The molecule has 0 fully saturated rings. The molecule has 0 aliphatic rings. The molecule has 3 rings (SSSR count). The van der Waals surface area contributed by atoms with Crippen LogP contribution in [-0.2, 0) is 12.8 Å². The van der Waals surface area contributed by atoms with Crippen LogP contribution in [0.4, 0.5) is 0 Å². The van der Waals surface area contributed by atoms with Crippen molar-refractivity contribution in [2.45, 2.75) is 26.7 Å². The highest BCUT2D eigenvalue weighted by atomic mass is 16.5. The standard InChI is InChI=1S/C17H19N3O2/c1-4-11-8-12(5-2)17(21)16(9-11)20-18-14-7-6-13(22-3)10-15(14)19-20/h6-10,21H,4-5H2,1-3H3. The van der Waals surface area contributed by atoms with E-state index in [1.807, 2.05) is 37.3 Å². The largest absolute Gasteiger partial charge is 0.505 e. The van der Waals surface area contributed by atoms with Crippen LogP contribution >= 0.6 is 0 Å². The van der Waals surface area contributed by atoms with Crippen molar-refractivity contribution in [3.05, 3.63) is 41.5 Å². The molecule has 0 saturated carbocycles. The van der Waals surface area contributed by atoms with E-state index in [4.69, 9.17) is 4.74 Å². The maximum Gasteiger partial charge on any atom is 0.146 e. The lowest BCUT2D eigenvalue weighted by Crippen LogP contribution is -2.02. The number of fused-ring (bicyclic) bond motifs is 1. The van der Waals surface area contributed by atoms with Gasteiger partial charge in [-0.15, -0.1) is 15.0 Å². The van der Waals surface area contributed by atoms with Crippen LogP contribution in [0.2, 0.25) is 0 Å².